The largest absolute Gasteiger partial charge is 0.497 e. The second kappa shape index (κ2) is 8.83. The van der Waals surface area contributed by atoms with Gasteiger partial charge in [0, 0.05) is 6.54 Å². The zero-order valence-corrected chi connectivity index (χ0v) is 13.7. The van der Waals surface area contributed by atoms with E-state index in [1.165, 1.54) is 5.56 Å². The van der Waals surface area contributed by atoms with E-state index in [2.05, 4.69) is 5.32 Å². The summed E-state index contributed by atoms with van der Waals surface area (Å²) in [5.41, 5.74) is 2.25. The molecule has 2 rings (SSSR count). The Morgan fingerprint density at radius 1 is 1.09 bits per heavy atom. The lowest BCUT2D eigenvalue weighted by molar-refractivity contribution is -0.121. The minimum atomic E-state index is 0.00657. The number of nitrogens with one attached hydrogen (secondary N) is 1. The van der Waals surface area contributed by atoms with Crippen molar-refractivity contribution in [1.82, 2.24) is 5.32 Å². The van der Waals surface area contributed by atoms with Gasteiger partial charge in [0.05, 0.1) is 20.1 Å². The molecule has 2 aromatic carbocycles. The molecule has 4 heteroatoms. The first-order chi connectivity index (χ1) is 11.2. The van der Waals surface area contributed by atoms with Crippen LogP contribution in [0.1, 0.15) is 17.5 Å². The number of para-hydroxylation sites is 1. The van der Waals surface area contributed by atoms with Gasteiger partial charge in [0.1, 0.15) is 11.5 Å². The van der Waals surface area contributed by atoms with Gasteiger partial charge in [-0.1, -0.05) is 30.3 Å². The van der Waals surface area contributed by atoms with E-state index >= 15 is 0 Å². The van der Waals surface area contributed by atoms with Crippen molar-refractivity contribution in [1.29, 1.82) is 0 Å². The highest BCUT2D eigenvalue weighted by molar-refractivity contribution is 5.76. The van der Waals surface area contributed by atoms with Crippen molar-refractivity contribution in [3.8, 4) is 11.5 Å². The molecule has 0 radical (unpaired) electrons. The molecule has 0 saturated carbocycles. The van der Waals surface area contributed by atoms with Crippen LogP contribution in [-0.4, -0.2) is 26.2 Å². The Morgan fingerprint density at radius 2 is 1.83 bits per heavy atom. The molecule has 0 bridgehead atoms. The van der Waals surface area contributed by atoms with Gasteiger partial charge in [-0.3, -0.25) is 4.79 Å². The van der Waals surface area contributed by atoms with Crippen LogP contribution >= 0.6 is 0 Å². The third kappa shape index (κ3) is 5.66. The van der Waals surface area contributed by atoms with Crippen LogP contribution in [0.25, 0.3) is 0 Å². The number of aryl methyl sites for hydroxylation is 1. The Morgan fingerprint density at radius 3 is 2.52 bits per heavy atom. The van der Waals surface area contributed by atoms with Gasteiger partial charge in [0.15, 0.2) is 0 Å². The molecule has 23 heavy (non-hydrogen) atoms. The molecule has 1 N–H and O–H groups in total. The molecular formula is C19H23NO3. The molecule has 0 aliphatic carbocycles. The van der Waals surface area contributed by atoms with Crippen LogP contribution in [0.15, 0.2) is 48.5 Å². The topological polar surface area (TPSA) is 47.6 Å². The number of hydrogen-bond acceptors (Lipinski definition) is 3. The fraction of sp³-hybridized carbons (Fsp3) is 0.316. The average molecular weight is 313 g/mol. The number of rotatable bonds is 8. The maximum absolute atomic E-state index is 11.8. The monoisotopic (exact) mass is 313 g/mol. The fourth-order valence-electron chi connectivity index (χ4n) is 2.20. The molecule has 0 heterocycles. The molecule has 0 aromatic heterocycles. The van der Waals surface area contributed by atoms with E-state index in [0.29, 0.717) is 19.6 Å². The summed E-state index contributed by atoms with van der Waals surface area (Å²) in [6.07, 6.45) is 1.16. The molecule has 0 atom stereocenters. The van der Waals surface area contributed by atoms with E-state index in [1.807, 2.05) is 55.5 Å². The van der Waals surface area contributed by atoms with Gasteiger partial charge in [-0.05, 0) is 42.7 Å². The van der Waals surface area contributed by atoms with Crippen LogP contribution in [0, 0.1) is 6.92 Å². The van der Waals surface area contributed by atoms with Gasteiger partial charge in [-0.15, -0.1) is 0 Å². The molecule has 1 amide bonds. The quantitative estimate of drug-likeness (QED) is 0.814. The van der Waals surface area contributed by atoms with Gasteiger partial charge in [-0.25, -0.2) is 0 Å². The fourth-order valence-corrected chi connectivity index (χ4v) is 2.20. The summed E-state index contributed by atoms with van der Waals surface area (Å²) in [6.45, 7) is 3.00. The molecule has 4 nitrogen and oxygen atoms in total. The van der Waals surface area contributed by atoms with Crippen LogP contribution in [0.4, 0.5) is 0 Å². The highest BCUT2D eigenvalue weighted by Gasteiger charge is 2.03. The predicted molar refractivity (Wildman–Crippen MR) is 91.0 cm³/mol. The molecular weight excluding hydrogens is 290 g/mol. The summed E-state index contributed by atoms with van der Waals surface area (Å²) in [5, 5.41) is 2.91. The SMILES string of the molecule is COc1ccc(CCNC(=O)CCOc2ccccc2C)cc1. The first-order valence-electron chi connectivity index (χ1n) is 7.77. The zero-order chi connectivity index (χ0) is 16.5. The second-order valence-electron chi connectivity index (χ2n) is 5.31. The molecule has 0 aliphatic rings. The van der Waals surface area contributed by atoms with Crippen molar-refractivity contribution >= 4 is 5.91 Å². The van der Waals surface area contributed by atoms with E-state index in [9.17, 15) is 4.79 Å². The summed E-state index contributed by atoms with van der Waals surface area (Å²) >= 11 is 0. The summed E-state index contributed by atoms with van der Waals surface area (Å²) in [5.74, 6) is 1.68. The zero-order valence-electron chi connectivity index (χ0n) is 13.7. The summed E-state index contributed by atoms with van der Waals surface area (Å²) < 4.78 is 10.7. The van der Waals surface area contributed by atoms with Crippen LogP contribution in [-0.2, 0) is 11.2 Å². The number of carbonyl (C=O) groups is 1. The van der Waals surface area contributed by atoms with Crippen molar-refractivity contribution in [2.45, 2.75) is 19.8 Å². The van der Waals surface area contributed by atoms with Gasteiger partial charge in [0.2, 0.25) is 5.91 Å². The first kappa shape index (κ1) is 16.9. The van der Waals surface area contributed by atoms with E-state index in [-0.39, 0.29) is 5.91 Å². The number of amides is 1. The molecule has 0 unspecified atom stereocenters. The lowest BCUT2D eigenvalue weighted by Crippen LogP contribution is -2.27. The molecule has 0 spiro atoms. The molecule has 2 aromatic rings. The molecule has 122 valence electrons. The maximum Gasteiger partial charge on any atom is 0.223 e. The highest BCUT2D eigenvalue weighted by atomic mass is 16.5. The minimum Gasteiger partial charge on any atom is -0.497 e. The lowest BCUT2D eigenvalue weighted by atomic mass is 10.1. The summed E-state index contributed by atoms with van der Waals surface area (Å²) in [6, 6.07) is 15.7. The van der Waals surface area contributed by atoms with E-state index in [1.54, 1.807) is 7.11 Å². The van der Waals surface area contributed by atoms with Crippen molar-refractivity contribution in [2.75, 3.05) is 20.3 Å². The van der Waals surface area contributed by atoms with Crippen molar-refractivity contribution in [2.24, 2.45) is 0 Å². The van der Waals surface area contributed by atoms with Crippen LogP contribution in [0.2, 0.25) is 0 Å². The standard InChI is InChI=1S/C19H23NO3/c1-15-5-3-4-6-18(15)23-14-12-19(21)20-13-11-16-7-9-17(22-2)10-8-16/h3-10H,11-14H2,1-2H3,(H,20,21). The Balaban J connectivity index is 1.64. The Labute approximate surface area is 137 Å². The third-order valence-electron chi connectivity index (χ3n) is 3.58. The van der Waals surface area contributed by atoms with Gasteiger partial charge in [0.25, 0.3) is 0 Å². The summed E-state index contributed by atoms with van der Waals surface area (Å²) in [4.78, 5) is 11.8. The molecule has 0 fully saturated rings. The highest BCUT2D eigenvalue weighted by Crippen LogP contribution is 2.16. The average Bonchev–Trinajstić information content (AvgIpc) is 2.57. The molecule has 0 saturated heterocycles. The number of hydrogen-bond donors (Lipinski definition) is 1. The number of methoxy groups -OCH3 is 1. The lowest BCUT2D eigenvalue weighted by Gasteiger charge is -2.09. The van der Waals surface area contributed by atoms with Crippen LogP contribution < -0.4 is 14.8 Å². The first-order valence-corrected chi connectivity index (χ1v) is 7.77. The van der Waals surface area contributed by atoms with Crippen LogP contribution in [0.5, 0.6) is 11.5 Å². The van der Waals surface area contributed by atoms with Crippen LogP contribution in [0.3, 0.4) is 0 Å². The predicted octanol–water partition coefficient (Wildman–Crippen LogP) is 3.13. The number of ether oxygens (including phenoxy) is 2. The van der Waals surface area contributed by atoms with E-state index in [4.69, 9.17) is 9.47 Å². The minimum absolute atomic E-state index is 0.00657. The van der Waals surface area contributed by atoms with Gasteiger partial charge < -0.3 is 14.8 Å². The van der Waals surface area contributed by atoms with Crippen molar-refractivity contribution in [3.05, 3.63) is 59.7 Å². The number of benzene rings is 2. The van der Waals surface area contributed by atoms with Gasteiger partial charge >= 0.3 is 0 Å². The van der Waals surface area contributed by atoms with Crippen molar-refractivity contribution in [3.63, 3.8) is 0 Å². The smallest absolute Gasteiger partial charge is 0.223 e. The van der Waals surface area contributed by atoms with E-state index in [0.717, 1.165) is 23.5 Å². The number of carbonyl (C=O) groups excluding carboxylic acids is 1. The molecule has 0 aliphatic heterocycles. The Bertz CT molecular complexity index is 623. The second-order valence-corrected chi connectivity index (χ2v) is 5.31. The summed E-state index contributed by atoms with van der Waals surface area (Å²) in [7, 11) is 1.65. The van der Waals surface area contributed by atoms with Gasteiger partial charge in [-0.2, -0.15) is 0 Å². The third-order valence-corrected chi connectivity index (χ3v) is 3.58. The normalized spacial score (nSPS) is 10.2. The maximum atomic E-state index is 11.8. The Hall–Kier alpha value is -2.49. The Kier molecular flexibility index (Phi) is 6.48. The van der Waals surface area contributed by atoms with Crippen molar-refractivity contribution < 1.29 is 14.3 Å². The van der Waals surface area contributed by atoms with E-state index < -0.39 is 0 Å².